The number of hydrogen-bond acceptors (Lipinski definition) is 8. The number of carboxylic acid groups (broad SMARTS) is 3. The lowest BCUT2D eigenvalue weighted by molar-refractivity contribution is -0.148. The number of nitrogens with zero attached hydrogens (tertiary/aromatic N) is 1. The Balaban J connectivity index is 2.93. The molecule has 0 aromatic rings. The van der Waals surface area contributed by atoms with E-state index >= 15 is 0 Å². The van der Waals surface area contributed by atoms with Crippen molar-refractivity contribution < 1.29 is 44.1 Å². The molecule has 0 bridgehead atoms. The lowest BCUT2D eigenvalue weighted by atomic mass is 10.1. The Morgan fingerprint density at radius 2 is 1.57 bits per heavy atom. The zero-order valence-corrected chi connectivity index (χ0v) is 16.7. The van der Waals surface area contributed by atoms with E-state index in [9.17, 15) is 28.8 Å². The molecule has 3 amide bonds. The standard InChI is InChI=1S/C16H24N4O9S/c17-7(6-30)15(27)20-3-1-2-10(20)14(26)18-8(4-11(21)22)13(25)19-9(16(28)29)5-12(23)24/h7-10,30H,1-6,17H2,(H,18,26)(H,19,25)(H,21,22)(H,23,24)(H,28,29). The second-order valence-electron chi connectivity index (χ2n) is 6.64. The normalized spacial score (nSPS) is 18.7. The number of thiol groups is 1. The molecule has 0 aromatic carbocycles. The summed E-state index contributed by atoms with van der Waals surface area (Å²) in [6.07, 6.45) is -1.08. The maximum absolute atomic E-state index is 12.6. The molecule has 1 rings (SSSR count). The summed E-state index contributed by atoms with van der Waals surface area (Å²) in [5.41, 5.74) is 5.65. The van der Waals surface area contributed by atoms with Gasteiger partial charge in [-0.05, 0) is 12.8 Å². The Bertz CT molecular complexity index is 717. The van der Waals surface area contributed by atoms with Crippen molar-refractivity contribution in [3.63, 3.8) is 0 Å². The summed E-state index contributed by atoms with van der Waals surface area (Å²) in [5, 5.41) is 30.9. The van der Waals surface area contributed by atoms with E-state index in [0.29, 0.717) is 6.42 Å². The van der Waals surface area contributed by atoms with Gasteiger partial charge >= 0.3 is 17.9 Å². The number of carboxylic acids is 3. The molecular weight excluding hydrogens is 424 g/mol. The van der Waals surface area contributed by atoms with Crippen molar-refractivity contribution in [3.8, 4) is 0 Å². The molecule has 1 aliphatic rings. The molecule has 0 aliphatic carbocycles. The predicted molar refractivity (Wildman–Crippen MR) is 103 cm³/mol. The summed E-state index contributed by atoms with van der Waals surface area (Å²) < 4.78 is 0. The van der Waals surface area contributed by atoms with E-state index in [1.54, 1.807) is 0 Å². The summed E-state index contributed by atoms with van der Waals surface area (Å²) in [7, 11) is 0. The van der Waals surface area contributed by atoms with E-state index in [4.69, 9.17) is 21.1 Å². The van der Waals surface area contributed by atoms with Gasteiger partial charge in [0, 0.05) is 12.3 Å². The maximum atomic E-state index is 12.6. The molecule has 1 aliphatic heterocycles. The van der Waals surface area contributed by atoms with Crippen molar-refractivity contribution in [1.29, 1.82) is 0 Å². The van der Waals surface area contributed by atoms with Gasteiger partial charge in [-0.1, -0.05) is 0 Å². The average molecular weight is 448 g/mol. The molecule has 30 heavy (non-hydrogen) atoms. The molecule has 1 fully saturated rings. The van der Waals surface area contributed by atoms with Crippen LogP contribution in [0.1, 0.15) is 25.7 Å². The Morgan fingerprint density at radius 1 is 1.00 bits per heavy atom. The van der Waals surface area contributed by atoms with Crippen molar-refractivity contribution in [2.75, 3.05) is 12.3 Å². The van der Waals surface area contributed by atoms with Crippen LogP contribution in [-0.2, 0) is 28.8 Å². The monoisotopic (exact) mass is 448 g/mol. The van der Waals surface area contributed by atoms with Gasteiger partial charge in [0.15, 0.2) is 0 Å². The van der Waals surface area contributed by atoms with Crippen LogP contribution in [0.5, 0.6) is 0 Å². The van der Waals surface area contributed by atoms with Gasteiger partial charge in [0.2, 0.25) is 17.7 Å². The molecule has 1 saturated heterocycles. The number of amides is 3. The van der Waals surface area contributed by atoms with Crippen molar-refractivity contribution >= 4 is 48.3 Å². The fraction of sp³-hybridized carbons (Fsp3) is 0.625. The number of nitrogens with one attached hydrogen (secondary N) is 2. The smallest absolute Gasteiger partial charge is 0.326 e. The van der Waals surface area contributed by atoms with Crippen LogP contribution in [-0.4, -0.2) is 92.3 Å². The molecule has 4 unspecified atom stereocenters. The molecule has 0 aromatic heterocycles. The van der Waals surface area contributed by atoms with Crippen molar-refractivity contribution in [1.82, 2.24) is 15.5 Å². The number of likely N-dealkylation sites (tertiary alicyclic amines) is 1. The molecule has 14 heteroatoms. The van der Waals surface area contributed by atoms with Gasteiger partial charge in [-0.2, -0.15) is 12.6 Å². The highest BCUT2D eigenvalue weighted by Crippen LogP contribution is 2.19. The quantitative estimate of drug-likeness (QED) is 0.161. The Labute approximate surface area is 176 Å². The molecule has 7 N–H and O–H groups in total. The number of aliphatic carboxylic acids is 3. The van der Waals surface area contributed by atoms with Gasteiger partial charge in [-0.25, -0.2) is 4.79 Å². The van der Waals surface area contributed by atoms with Gasteiger partial charge in [0.1, 0.15) is 18.1 Å². The first-order valence-corrected chi connectivity index (χ1v) is 9.55. The van der Waals surface area contributed by atoms with E-state index in [-0.39, 0.29) is 18.7 Å². The van der Waals surface area contributed by atoms with Crippen LogP contribution in [0.4, 0.5) is 0 Å². The third kappa shape index (κ3) is 7.18. The van der Waals surface area contributed by atoms with Crippen molar-refractivity contribution in [3.05, 3.63) is 0 Å². The van der Waals surface area contributed by atoms with E-state index < -0.39 is 72.6 Å². The van der Waals surface area contributed by atoms with Crippen molar-refractivity contribution in [2.24, 2.45) is 5.73 Å². The SMILES string of the molecule is NC(CS)C(=O)N1CCCC1C(=O)NC(CC(=O)O)C(=O)NC(CC(=O)O)C(=O)O. The maximum Gasteiger partial charge on any atom is 0.326 e. The predicted octanol–water partition coefficient (Wildman–Crippen LogP) is -2.76. The van der Waals surface area contributed by atoms with E-state index in [1.807, 2.05) is 5.32 Å². The number of carbonyl (C=O) groups is 6. The van der Waals surface area contributed by atoms with Crippen LogP contribution in [0, 0.1) is 0 Å². The summed E-state index contributed by atoms with van der Waals surface area (Å²) >= 11 is 3.94. The van der Waals surface area contributed by atoms with Gasteiger partial charge in [-0.15, -0.1) is 0 Å². The Morgan fingerprint density at radius 3 is 2.07 bits per heavy atom. The largest absolute Gasteiger partial charge is 0.481 e. The molecule has 0 radical (unpaired) electrons. The molecule has 1 heterocycles. The zero-order chi connectivity index (χ0) is 23.0. The summed E-state index contributed by atoms with van der Waals surface area (Å²) in [4.78, 5) is 71.4. The molecular formula is C16H24N4O9S. The lowest BCUT2D eigenvalue weighted by Crippen LogP contribution is -2.57. The fourth-order valence-corrected chi connectivity index (χ4v) is 3.05. The fourth-order valence-electron chi connectivity index (χ4n) is 2.89. The third-order valence-corrected chi connectivity index (χ3v) is 4.75. The van der Waals surface area contributed by atoms with Crippen LogP contribution < -0.4 is 16.4 Å². The Kier molecular flexibility index (Phi) is 9.52. The summed E-state index contributed by atoms with van der Waals surface area (Å²) in [6.45, 7) is 0.244. The van der Waals surface area contributed by atoms with Gasteiger partial charge in [-0.3, -0.25) is 24.0 Å². The van der Waals surface area contributed by atoms with Gasteiger partial charge < -0.3 is 36.6 Å². The zero-order valence-electron chi connectivity index (χ0n) is 15.8. The second-order valence-corrected chi connectivity index (χ2v) is 7.00. The molecule has 0 saturated carbocycles. The molecule has 0 spiro atoms. The number of hydrogen-bond donors (Lipinski definition) is 7. The van der Waals surface area contributed by atoms with Crippen LogP contribution in [0.25, 0.3) is 0 Å². The average Bonchev–Trinajstić information content (AvgIpc) is 3.14. The summed E-state index contributed by atoms with van der Waals surface area (Å²) in [5.74, 6) is -7.05. The topological polar surface area (TPSA) is 216 Å². The van der Waals surface area contributed by atoms with E-state index in [0.717, 1.165) is 0 Å². The minimum atomic E-state index is -1.82. The van der Waals surface area contributed by atoms with Gasteiger partial charge in [0.05, 0.1) is 18.9 Å². The second kappa shape index (κ2) is 11.3. The number of carbonyl (C=O) groups excluding carboxylic acids is 3. The Hall–Kier alpha value is -2.87. The minimum Gasteiger partial charge on any atom is -0.481 e. The highest BCUT2D eigenvalue weighted by atomic mass is 32.1. The minimum absolute atomic E-state index is 0.0495. The van der Waals surface area contributed by atoms with E-state index in [1.165, 1.54) is 4.90 Å². The molecule has 168 valence electrons. The summed E-state index contributed by atoms with van der Waals surface area (Å²) in [6, 6.07) is -5.42. The first kappa shape index (κ1) is 25.2. The van der Waals surface area contributed by atoms with Crippen LogP contribution in [0.15, 0.2) is 0 Å². The van der Waals surface area contributed by atoms with E-state index in [2.05, 4.69) is 17.9 Å². The third-order valence-electron chi connectivity index (χ3n) is 4.36. The first-order chi connectivity index (χ1) is 14.0. The molecule has 13 nitrogen and oxygen atoms in total. The highest BCUT2D eigenvalue weighted by molar-refractivity contribution is 7.80. The first-order valence-electron chi connectivity index (χ1n) is 8.92. The van der Waals surface area contributed by atoms with Crippen LogP contribution in [0.2, 0.25) is 0 Å². The van der Waals surface area contributed by atoms with Crippen molar-refractivity contribution in [2.45, 2.75) is 49.9 Å². The van der Waals surface area contributed by atoms with Crippen LogP contribution in [0.3, 0.4) is 0 Å². The molecule has 4 atom stereocenters. The highest BCUT2D eigenvalue weighted by Gasteiger charge is 2.38. The van der Waals surface area contributed by atoms with Gasteiger partial charge in [0.25, 0.3) is 0 Å². The van der Waals surface area contributed by atoms with Crippen LogP contribution >= 0.6 is 12.6 Å². The lowest BCUT2D eigenvalue weighted by Gasteiger charge is -2.28. The number of rotatable bonds is 11. The number of nitrogens with two attached hydrogens (primary N) is 1.